The zero-order valence-electron chi connectivity index (χ0n) is 11.0. The van der Waals surface area contributed by atoms with Crippen LogP contribution < -0.4 is 0 Å². The van der Waals surface area contributed by atoms with Gasteiger partial charge in [-0.2, -0.15) is 0 Å². The molecule has 0 radical (unpaired) electrons. The summed E-state index contributed by atoms with van der Waals surface area (Å²) in [7, 11) is -3.06. The third kappa shape index (κ3) is 6.61. The predicted molar refractivity (Wildman–Crippen MR) is 69.0 cm³/mol. The van der Waals surface area contributed by atoms with Crippen molar-refractivity contribution in [2.24, 2.45) is 5.16 Å². The van der Waals surface area contributed by atoms with Crippen LogP contribution in [0, 0.1) is 0 Å². The van der Waals surface area contributed by atoms with Gasteiger partial charge in [0.1, 0.15) is 0 Å². The standard InChI is InChI=1S/C11H22NO4P/c1-5-11(12-13)8-10(4)9-17(14,15-6-2)16-7-3/h8,13H,5-7,9H2,1-4H3/b10-8+,12-11-. The van der Waals surface area contributed by atoms with Gasteiger partial charge in [0, 0.05) is 0 Å². The first-order valence-electron chi connectivity index (χ1n) is 5.77. The lowest BCUT2D eigenvalue weighted by atomic mass is 10.2. The highest BCUT2D eigenvalue weighted by Crippen LogP contribution is 2.49. The summed E-state index contributed by atoms with van der Waals surface area (Å²) in [5, 5.41) is 11.8. The van der Waals surface area contributed by atoms with Crippen molar-refractivity contribution >= 4 is 13.3 Å². The summed E-state index contributed by atoms with van der Waals surface area (Å²) in [5.41, 5.74) is 1.35. The summed E-state index contributed by atoms with van der Waals surface area (Å²) in [6.45, 7) is 7.93. The average molecular weight is 263 g/mol. The largest absolute Gasteiger partial charge is 0.411 e. The fraction of sp³-hybridized carbons (Fsp3) is 0.727. The van der Waals surface area contributed by atoms with Crippen LogP contribution in [0.3, 0.4) is 0 Å². The van der Waals surface area contributed by atoms with Crippen LogP contribution in [0.2, 0.25) is 0 Å². The predicted octanol–water partition coefficient (Wildman–Crippen LogP) is 3.44. The lowest BCUT2D eigenvalue weighted by Gasteiger charge is -2.17. The molecule has 0 atom stereocenters. The second kappa shape index (κ2) is 8.45. The van der Waals surface area contributed by atoms with E-state index >= 15 is 0 Å². The number of oxime groups is 1. The minimum Gasteiger partial charge on any atom is -0.411 e. The Morgan fingerprint density at radius 3 is 2.18 bits per heavy atom. The fourth-order valence-corrected chi connectivity index (χ4v) is 3.11. The van der Waals surface area contributed by atoms with E-state index in [2.05, 4.69) is 5.16 Å². The van der Waals surface area contributed by atoms with E-state index in [0.29, 0.717) is 25.3 Å². The Labute approximate surface area is 103 Å². The van der Waals surface area contributed by atoms with Crippen molar-refractivity contribution < 1.29 is 18.8 Å². The van der Waals surface area contributed by atoms with Crippen LogP contribution in [0.1, 0.15) is 34.1 Å². The van der Waals surface area contributed by atoms with Crippen molar-refractivity contribution in [1.82, 2.24) is 0 Å². The smallest absolute Gasteiger partial charge is 0.334 e. The van der Waals surface area contributed by atoms with E-state index in [1.165, 1.54) is 0 Å². The van der Waals surface area contributed by atoms with E-state index in [4.69, 9.17) is 14.3 Å². The second-order valence-corrected chi connectivity index (χ2v) is 5.59. The van der Waals surface area contributed by atoms with Crippen LogP contribution >= 0.6 is 7.60 Å². The van der Waals surface area contributed by atoms with Crippen LogP contribution in [0.15, 0.2) is 16.8 Å². The zero-order chi connectivity index (χ0) is 13.3. The maximum atomic E-state index is 12.2. The van der Waals surface area contributed by atoms with Crippen molar-refractivity contribution in [3.8, 4) is 0 Å². The molecule has 0 saturated heterocycles. The normalized spacial score (nSPS) is 14.1. The van der Waals surface area contributed by atoms with Crippen LogP contribution in [0.5, 0.6) is 0 Å². The molecule has 0 aromatic heterocycles. The summed E-state index contributed by atoms with van der Waals surface area (Å²) in [5.74, 6) is 0. The first-order valence-corrected chi connectivity index (χ1v) is 7.50. The first-order chi connectivity index (χ1) is 8.01. The van der Waals surface area contributed by atoms with Gasteiger partial charge in [-0.15, -0.1) is 0 Å². The molecule has 0 spiro atoms. The van der Waals surface area contributed by atoms with Gasteiger partial charge in [-0.1, -0.05) is 17.7 Å². The molecule has 0 heterocycles. The highest BCUT2D eigenvalue weighted by atomic mass is 31.2. The summed E-state index contributed by atoms with van der Waals surface area (Å²) < 4.78 is 22.6. The summed E-state index contributed by atoms with van der Waals surface area (Å²) in [4.78, 5) is 0. The molecule has 1 N–H and O–H groups in total. The average Bonchev–Trinajstić information content (AvgIpc) is 2.26. The highest BCUT2D eigenvalue weighted by Gasteiger charge is 2.23. The van der Waals surface area contributed by atoms with Gasteiger partial charge in [-0.3, -0.25) is 4.57 Å². The monoisotopic (exact) mass is 263 g/mol. The zero-order valence-corrected chi connectivity index (χ0v) is 11.9. The SMILES string of the molecule is CCOP(=O)(C/C(C)=C/C(CC)=N\O)OCC. The van der Waals surface area contributed by atoms with Crippen LogP contribution in [-0.4, -0.2) is 30.3 Å². The molecule has 0 rings (SSSR count). The number of hydrogen-bond donors (Lipinski definition) is 1. The Bertz CT molecular complexity index is 315. The summed E-state index contributed by atoms with van der Waals surface area (Å²) in [6.07, 6.45) is 2.53. The van der Waals surface area contributed by atoms with Gasteiger partial charge in [0.05, 0.1) is 25.1 Å². The van der Waals surface area contributed by atoms with Gasteiger partial charge in [0.2, 0.25) is 0 Å². The number of nitrogens with zero attached hydrogens (tertiary/aromatic N) is 1. The summed E-state index contributed by atoms with van der Waals surface area (Å²) >= 11 is 0. The maximum Gasteiger partial charge on any atom is 0.334 e. The highest BCUT2D eigenvalue weighted by molar-refractivity contribution is 7.54. The molecule has 0 amide bonds. The maximum absolute atomic E-state index is 12.2. The topological polar surface area (TPSA) is 68.1 Å². The van der Waals surface area contributed by atoms with Crippen LogP contribution in [-0.2, 0) is 13.6 Å². The van der Waals surface area contributed by atoms with Gasteiger partial charge in [0.15, 0.2) is 0 Å². The molecule has 0 saturated carbocycles. The van der Waals surface area contributed by atoms with Crippen molar-refractivity contribution in [1.29, 1.82) is 0 Å². The van der Waals surface area contributed by atoms with E-state index in [1.807, 2.05) is 13.8 Å². The van der Waals surface area contributed by atoms with Crippen molar-refractivity contribution in [2.75, 3.05) is 19.4 Å². The van der Waals surface area contributed by atoms with Gasteiger partial charge in [0.25, 0.3) is 0 Å². The Hall–Kier alpha value is -0.640. The Morgan fingerprint density at radius 2 is 1.82 bits per heavy atom. The summed E-state index contributed by atoms with van der Waals surface area (Å²) in [6, 6.07) is 0. The van der Waals surface area contributed by atoms with E-state index in [9.17, 15) is 4.57 Å². The van der Waals surface area contributed by atoms with Crippen LogP contribution in [0.25, 0.3) is 0 Å². The van der Waals surface area contributed by atoms with Gasteiger partial charge < -0.3 is 14.3 Å². The van der Waals surface area contributed by atoms with Crippen molar-refractivity contribution in [3.63, 3.8) is 0 Å². The van der Waals surface area contributed by atoms with Gasteiger partial charge in [-0.25, -0.2) is 0 Å². The molecule has 0 aliphatic rings. The molecule has 6 heteroatoms. The first kappa shape index (κ1) is 16.4. The molecule has 5 nitrogen and oxygen atoms in total. The Morgan fingerprint density at radius 1 is 1.29 bits per heavy atom. The number of rotatable bonds is 8. The molecule has 17 heavy (non-hydrogen) atoms. The van der Waals surface area contributed by atoms with Gasteiger partial charge in [-0.05, 0) is 33.3 Å². The Balaban J connectivity index is 4.71. The van der Waals surface area contributed by atoms with Crippen molar-refractivity contribution in [2.45, 2.75) is 34.1 Å². The van der Waals surface area contributed by atoms with E-state index in [-0.39, 0.29) is 6.16 Å². The minimum absolute atomic E-state index is 0.216. The molecule has 0 aromatic carbocycles. The molecule has 0 aliphatic heterocycles. The van der Waals surface area contributed by atoms with Crippen LogP contribution in [0.4, 0.5) is 0 Å². The second-order valence-electron chi connectivity index (χ2n) is 3.54. The molecule has 0 unspecified atom stereocenters. The third-order valence-electron chi connectivity index (χ3n) is 2.00. The molecule has 0 fully saturated rings. The molecule has 0 aromatic rings. The molecule has 100 valence electrons. The van der Waals surface area contributed by atoms with E-state index < -0.39 is 7.60 Å². The van der Waals surface area contributed by atoms with E-state index in [0.717, 1.165) is 5.57 Å². The fourth-order valence-electron chi connectivity index (χ4n) is 1.36. The number of allylic oxidation sites excluding steroid dienone is 2. The lowest BCUT2D eigenvalue weighted by Crippen LogP contribution is -2.02. The molecule has 0 bridgehead atoms. The number of hydrogen-bond acceptors (Lipinski definition) is 5. The minimum atomic E-state index is -3.06. The van der Waals surface area contributed by atoms with Gasteiger partial charge >= 0.3 is 7.60 Å². The molecule has 0 aliphatic carbocycles. The molecular weight excluding hydrogens is 241 g/mol. The lowest BCUT2D eigenvalue weighted by molar-refractivity contribution is 0.222. The van der Waals surface area contributed by atoms with E-state index in [1.54, 1.807) is 19.9 Å². The third-order valence-corrected chi connectivity index (χ3v) is 4.19. The Kier molecular flexibility index (Phi) is 8.13. The molecular formula is C11H22NO4P. The quantitative estimate of drug-likeness (QED) is 0.315. The van der Waals surface area contributed by atoms with Crippen molar-refractivity contribution in [3.05, 3.63) is 11.6 Å².